The van der Waals surface area contributed by atoms with Gasteiger partial charge in [-0.15, -0.1) is 0 Å². The minimum Gasteiger partial charge on any atom is -0.494 e. The van der Waals surface area contributed by atoms with Crippen molar-refractivity contribution in [2.45, 2.75) is 0 Å². The summed E-state index contributed by atoms with van der Waals surface area (Å²) >= 11 is 5.04. The summed E-state index contributed by atoms with van der Waals surface area (Å²) in [6, 6.07) is 8.35. The average molecular weight is 235 g/mol. The molecule has 0 spiro atoms. The van der Waals surface area contributed by atoms with E-state index in [4.69, 9.17) is 17.0 Å². The van der Waals surface area contributed by atoms with Crippen LogP contribution in [-0.2, 0) is 0 Å². The Morgan fingerprint density at radius 2 is 2.06 bits per heavy atom. The van der Waals surface area contributed by atoms with E-state index in [0.717, 1.165) is 11.3 Å². The topological polar surface area (TPSA) is 25.0 Å². The highest BCUT2D eigenvalue weighted by atomic mass is 32.1. The number of nitrogens with one attached hydrogen (secondary N) is 1. The van der Waals surface area contributed by atoms with Crippen LogP contribution in [0.5, 0.6) is 5.75 Å². The Hall–Kier alpha value is -1.68. The second-order valence-corrected chi connectivity index (χ2v) is 3.76. The number of halogens is 1. The van der Waals surface area contributed by atoms with Crippen LogP contribution in [-0.4, -0.2) is 12.1 Å². The van der Waals surface area contributed by atoms with Crippen molar-refractivity contribution in [1.29, 1.82) is 0 Å². The van der Waals surface area contributed by atoms with Crippen molar-refractivity contribution in [2.24, 2.45) is 0 Å². The highest BCUT2D eigenvalue weighted by molar-refractivity contribution is 7.71. The van der Waals surface area contributed by atoms with Gasteiger partial charge >= 0.3 is 0 Å². The van der Waals surface area contributed by atoms with Gasteiger partial charge in [0, 0.05) is 22.0 Å². The lowest BCUT2D eigenvalue weighted by atomic mass is 10.1. The molecule has 0 saturated heterocycles. The first-order valence-corrected chi connectivity index (χ1v) is 5.14. The Bertz CT molecular complexity index is 565. The number of ether oxygens (including phenoxy) is 1. The largest absolute Gasteiger partial charge is 0.494 e. The molecule has 0 atom stereocenters. The molecule has 2 aromatic rings. The van der Waals surface area contributed by atoms with Crippen LogP contribution in [0, 0.1) is 10.3 Å². The van der Waals surface area contributed by atoms with Crippen molar-refractivity contribution in [1.82, 2.24) is 4.98 Å². The summed E-state index contributed by atoms with van der Waals surface area (Å²) in [5, 5.41) is 0. The number of methoxy groups -OCH3 is 1. The summed E-state index contributed by atoms with van der Waals surface area (Å²) in [6.07, 6.45) is 1.74. The van der Waals surface area contributed by atoms with Gasteiger partial charge in [0.1, 0.15) is 0 Å². The molecule has 1 aromatic carbocycles. The van der Waals surface area contributed by atoms with Crippen LogP contribution in [0.25, 0.3) is 11.3 Å². The zero-order chi connectivity index (χ0) is 11.5. The molecule has 0 radical (unpaired) electrons. The first-order valence-electron chi connectivity index (χ1n) is 4.73. The van der Waals surface area contributed by atoms with Crippen molar-refractivity contribution in [3.63, 3.8) is 0 Å². The van der Waals surface area contributed by atoms with Crippen molar-refractivity contribution in [2.75, 3.05) is 7.11 Å². The smallest absolute Gasteiger partial charge is 0.165 e. The number of benzene rings is 1. The van der Waals surface area contributed by atoms with Crippen molar-refractivity contribution in [3.8, 4) is 17.0 Å². The van der Waals surface area contributed by atoms with E-state index in [0.29, 0.717) is 4.51 Å². The summed E-state index contributed by atoms with van der Waals surface area (Å²) in [5.74, 6) is -0.151. The van der Waals surface area contributed by atoms with Crippen molar-refractivity contribution < 1.29 is 9.13 Å². The second kappa shape index (κ2) is 4.45. The number of hydrogen-bond acceptors (Lipinski definition) is 2. The lowest BCUT2D eigenvalue weighted by Gasteiger charge is -2.05. The van der Waals surface area contributed by atoms with E-state index in [2.05, 4.69) is 4.98 Å². The number of aromatic nitrogens is 1. The van der Waals surface area contributed by atoms with Gasteiger partial charge in [0.2, 0.25) is 0 Å². The maximum Gasteiger partial charge on any atom is 0.165 e. The van der Waals surface area contributed by atoms with Crippen LogP contribution in [0.3, 0.4) is 0 Å². The summed E-state index contributed by atoms with van der Waals surface area (Å²) < 4.78 is 19.0. The van der Waals surface area contributed by atoms with Gasteiger partial charge in [-0.3, -0.25) is 0 Å². The fourth-order valence-corrected chi connectivity index (χ4v) is 1.63. The molecule has 1 aromatic heterocycles. The highest BCUT2D eigenvalue weighted by Crippen LogP contribution is 2.23. The zero-order valence-corrected chi connectivity index (χ0v) is 9.48. The van der Waals surface area contributed by atoms with Crippen molar-refractivity contribution >= 4 is 12.2 Å². The molecule has 0 saturated carbocycles. The first kappa shape index (κ1) is 10.8. The van der Waals surface area contributed by atoms with Gasteiger partial charge in [0.25, 0.3) is 0 Å². The average Bonchev–Trinajstić information content (AvgIpc) is 2.29. The third kappa shape index (κ3) is 2.12. The van der Waals surface area contributed by atoms with Gasteiger partial charge < -0.3 is 9.72 Å². The number of pyridine rings is 1. The van der Waals surface area contributed by atoms with E-state index in [-0.39, 0.29) is 11.6 Å². The summed E-state index contributed by atoms with van der Waals surface area (Å²) in [7, 11) is 1.44. The van der Waals surface area contributed by atoms with Gasteiger partial charge in [-0.2, -0.15) is 0 Å². The van der Waals surface area contributed by atoms with E-state index >= 15 is 0 Å². The fraction of sp³-hybridized carbons (Fsp3) is 0.0833. The number of H-pyrrole nitrogens is 1. The number of hydrogen-bond donors (Lipinski definition) is 1. The molecule has 0 amide bonds. The van der Waals surface area contributed by atoms with E-state index in [1.807, 2.05) is 0 Å². The van der Waals surface area contributed by atoms with Gasteiger partial charge in [-0.05, 0) is 30.3 Å². The quantitative estimate of drug-likeness (QED) is 0.805. The highest BCUT2D eigenvalue weighted by Gasteiger charge is 2.04. The molecule has 0 unspecified atom stereocenters. The standard InChI is InChI=1S/C12H10FNOS/c1-15-12-3-2-8(6-10(12)13)11-7-9(16)4-5-14-11/h2-7H,1H3,(H,14,16). The molecule has 0 bridgehead atoms. The molecule has 16 heavy (non-hydrogen) atoms. The van der Waals surface area contributed by atoms with Gasteiger partial charge in [0.15, 0.2) is 11.6 Å². The third-order valence-corrected chi connectivity index (χ3v) is 2.49. The fourth-order valence-electron chi connectivity index (χ4n) is 1.45. The molecule has 4 heteroatoms. The molecule has 2 nitrogen and oxygen atoms in total. The Balaban J connectivity index is 2.49. The SMILES string of the molecule is COc1ccc(-c2cc(=S)cc[nH]2)cc1F. The van der Waals surface area contributed by atoms with Crippen LogP contribution in [0.15, 0.2) is 36.5 Å². The van der Waals surface area contributed by atoms with E-state index in [1.165, 1.54) is 13.2 Å². The Morgan fingerprint density at radius 1 is 1.25 bits per heavy atom. The minimum atomic E-state index is -0.386. The van der Waals surface area contributed by atoms with E-state index in [1.54, 1.807) is 30.5 Å². The van der Waals surface area contributed by atoms with Crippen LogP contribution in [0.1, 0.15) is 0 Å². The molecule has 0 aliphatic rings. The van der Waals surface area contributed by atoms with Crippen LogP contribution in [0.4, 0.5) is 4.39 Å². The van der Waals surface area contributed by atoms with Crippen LogP contribution in [0.2, 0.25) is 0 Å². The number of rotatable bonds is 2. The predicted molar refractivity (Wildman–Crippen MR) is 63.6 cm³/mol. The van der Waals surface area contributed by atoms with Crippen molar-refractivity contribution in [3.05, 3.63) is 46.9 Å². The molecule has 82 valence electrons. The number of aromatic amines is 1. The minimum absolute atomic E-state index is 0.235. The van der Waals surface area contributed by atoms with E-state index < -0.39 is 0 Å². The molecule has 2 rings (SSSR count). The zero-order valence-electron chi connectivity index (χ0n) is 8.66. The lowest BCUT2D eigenvalue weighted by molar-refractivity contribution is 0.386. The Morgan fingerprint density at radius 3 is 2.69 bits per heavy atom. The summed E-state index contributed by atoms with van der Waals surface area (Å²) in [6.45, 7) is 0. The Labute approximate surface area is 97.7 Å². The van der Waals surface area contributed by atoms with Gasteiger partial charge in [0.05, 0.1) is 7.11 Å². The van der Waals surface area contributed by atoms with Gasteiger partial charge in [-0.1, -0.05) is 12.2 Å². The molecule has 0 aliphatic carbocycles. The molecule has 0 fully saturated rings. The third-order valence-electron chi connectivity index (χ3n) is 2.24. The van der Waals surface area contributed by atoms with Gasteiger partial charge in [-0.25, -0.2) is 4.39 Å². The monoisotopic (exact) mass is 235 g/mol. The van der Waals surface area contributed by atoms with Crippen LogP contribution >= 0.6 is 12.2 Å². The lowest BCUT2D eigenvalue weighted by Crippen LogP contribution is -1.89. The van der Waals surface area contributed by atoms with Crippen LogP contribution < -0.4 is 4.74 Å². The molecule has 1 heterocycles. The molecule has 0 aliphatic heterocycles. The molecular formula is C12H10FNOS. The maximum absolute atomic E-state index is 13.5. The second-order valence-electron chi connectivity index (χ2n) is 3.29. The van der Waals surface area contributed by atoms with E-state index in [9.17, 15) is 4.39 Å². The molecular weight excluding hydrogens is 225 g/mol. The summed E-state index contributed by atoms with van der Waals surface area (Å²) in [5.41, 5.74) is 1.53. The first-order chi connectivity index (χ1) is 7.70. The summed E-state index contributed by atoms with van der Waals surface area (Å²) in [4.78, 5) is 3.02. The molecule has 1 N–H and O–H groups in total. The normalized spacial score (nSPS) is 10.1. The predicted octanol–water partition coefficient (Wildman–Crippen LogP) is 3.56. The maximum atomic E-state index is 13.5. The Kier molecular flexibility index (Phi) is 3.01.